The largest absolute Gasteiger partial charge is 0.456 e. The molecule has 0 spiro atoms. The van der Waals surface area contributed by atoms with E-state index >= 15 is 0 Å². The molecule has 138 valence electrons. The Kier molecular flexibility index (Phi) is 7.14. The van der Waals surface area contributed by atoms with Crippen molar-refractivity contribution >= 4 is 58.0 Å². The zero-order chi connectivity index (χ0) is 19.3. The molecule has 0 radical (unpaired) electrons. The number of halogens is 2. The summed E-state index contributed by atoms with van der Waals surface area (Å²) >= 11 is 13.1. The molecular weight excluding hydrogens is 399 g/mol. The number of hydrogen-bond donors (Lipinski definition) is 1. The fraction of sp³-hybridized carbons (Fsp3) is 0.294. The lowest BCUT2D eigenvalue weighted by Gasteiger charge is -2.07. The molecule has 0 aliphatic carbocycles. The number of carbonyl (C=O) groups excluding carboxylic acids is 3. The van der Waals surface area contributed by atoms with Crippen molar-refractivity contribution < 1.29 is 19.1 Å². The van der Waals surface area contributed by atoms with Gasteiger partial charge in [-0.15, -0.1) is 11.3 Å². The smallest absolute Gasteiger partial charge is 0.306 e. The van der Waals surface area contributed by atoms with Gasteiger partial charge in [0.15, 0.2) is 18.2 Å². The molecule has 2 aromatic rings. The van der Waals surface area contributed by atoms with Gasteiger partial charge in [0.1, 0.15) is 0 Å². The monoisotopic (exact) mass is 414 g/mol. The number of ketones is 1. The summed E-state index contributed by atoms with van der Waals surface area (Å²) in [5.41, 5.74) is 0.626. The van der Waals surface area contributed by atoms with Crippen LogP contribution in [0.2, 0.25) is 10.0 Å². The van der Waals surface area contributed by atoms with E-state index in [-0.39, 0.29) is 29.5 Å². The first-order valence-corrected chi connectivity index (χ1v) is 9.20. The van der Waals surface area contributed by atoms with Crippen molar-refractivity contribution in [2.45, 2.75) is 26.7 Å². The highest BCUT2D eigenvalue weighted by Crippen LogP contribution is 2.23. The molecule has 26 heavy (non-hydrogen) atoms. The number of aromatic nitrogens is 1. The molecule has 9 heteroatoms. The molecule has 0 saturated heterocycles. The number of hydrogen-bond acceptors (Lipinski definition) is 6. The molecular formula is C17H16Cl2N2O4S. The lowest BCUT2D eigenvalue weighted by molar-refractivity contribution is -0.147. The zero-order valence-corrected chi connectivity index (χ0v) is 16.4. The number of ether oxygens (including phenoxy) is 1. The van der Waals surface area contributed by atoms with Crippen LogP contribution in [0.25, 0.3) is 0 Å². The van der Waals surface area contributed by atoms with Crippen molar-refractivity contribution in [1.82, 2.24) is 4.98 Å². The third kappa shape index (κ3) is 5.79. The summed E-state index contributed by atoms with van der Waals surface area (Å²) in [7, 11) is 0. The predicted molar refractivity (Wildman–Crippen MR) is 101 cm³/mol. The second-order valence-electron chi connectivity index (χ2n) is 5.44. The molecule has 2 rings (SSSR count). The highest BCUT2D eigenvalue weighted by atomic mass is 35.5. The minimum absolute atomic E-state index is 0.0298. The van der Waals surface area contributed by atoms with Crippen LogP contribution in [-0.2, 0) is 14.3 Å². The molecule has 0 unspecified atom stereocenters. The molecule has 0 aliphatic heterocycles. The average molecular weight is 415 g/mol. The fourth-order valence-electron chi connectivity index (χ4n) is 2.15. The second-order valence-corrected chi connectivity index (χ2v) is 7.75. The number of nitrogens with zero attached hydrogens (tertiary/aromatic N) is 1. The van der Waals surface area contributed by atoms with Gasteiger partial charge in [0.25, 0.3) is 5.91 Å². The SMILES string of the molecule is Cc1cc(C(=O)CCC(=O)OCC(=O)Nc2ncc(Cl)cc2Cl)c(C)s1. The highest BCUT2D eigenvalue weighted by molar-refractivity contribution is 7.12. The Morgan fingerprint density at radius 3 is 2.54 bits per heavy atom. The molecule has 0 fully saturated rings. The maximum Gasteiger partial charge on any atom is 0.306 e. The first kappa shape index (κ1) is 20.4. The number of rotatable bonds is 7. The van der Waals surface area contributed by atoms with Gasteiger partial charge in [0.05, 0.1) is 16.5 Å². The van der Waals surface area contributed by atoms with Crippen molar-refractivity contribution in [2.24, 2.45) is 0 Å². The van der Waals surface area contributed by atoms with Crippen molar-refractivity contribution in [2.75, 3.05) is 11.9 Å². The molecule has 0 aliphatic rings. The number of thiophene rings is 1. The second kappa shape index (κ2) is 9.12. The van der Waals surface area contributed by atoms with E-state index in [0.717, 1.165) is 9.75 Å². The number of amides is 1. The van der Waals surface area contributed by atoms with Crippen molar-refractivity contribution in [3.8, 4) is 0 Å². The summed E-state index contributed by atoms with van der Waals surface area (Å²) in [4.78, 5) is 41.4. The van der Waals surface area contributed by atoms with Gasteiger partial charge >= 0.3 is 5.97 Å². The zero-order valence-electron chi connectivity index (χ0n) is 14.1. The van der Waals surface area contributed by atoms with Crippen molar-refractivity contribution in [3.63, 3.8) is 0 Å². The van der Waals surface area contributed by atoms with E-state index in [4.69, 9.17) is 27.9 Å². The first-order valence-electron chi connectivity index (χ1n) is 7.63. The summed E-state index contributed by atoms with van der Waals surface area (Å²) in [5.74, 6) is -1.22. The van der Waals surface area contributed by atoms with Crippen LogP contribution in [-0.4, -0.2) is 29.3 Å². The highest BCUT2D eigenvalue weighted by Gasteiger charge is 2.15. The van der Waals surface area contributed by atoms with Crippen LogP contribution in [0.3, 0.4) is 0 Å². The lowest BCUT2D eigenvalue weighted by Crippen LogP contribution is -2.21. The number of aryl methyl sites for hydroxylation is 2. The number of esters is 1. The Balaban J connectivity index is 1.76. The van der Waals surface area contributed by atoms with E-state index in [2.05, 4.69) is 10.3 Å². The van der Waals surface area contributed by atoms with Crippen LogP contribution in [0.4, 0.5) is 5.82 Å². The van der Waals surface area contributed by atoms with Crippen LogP contribution < -0.4 is 5.32 Å². The molecule has 0 saturated carbocycles. The average Bonchev–Trinajstić information content (AvgIpc) is 2.92. The fourth-order valence-corrected chi connectivity index (χ4v) is 3.52. The standard InChI is InChI=1S/C17H16Cl2N2O4S/c1-9-5-12(10(2)26-9)14(22)3-4-16(24)25-8-15(23)21-17-13(19)6-11(18)7-20-17/h5-7H,3-4,8H2,1-2H3,(H,20,21,23). The maximum absolute atomic E-state index is 12.1. The molecule has 2 aromatic heterocycles. The van der Waals surface area contributed by atoms with Gasteiger partial charge in [-0.25, -0.2) is 4.98 Å². The van der Waals surface area contributed by atoms with E-state index in [1.165, 1.54) is 23.6 Å². The van der Waals surface area contributed by atoms with Gasteiger partial charge in [-0.2, -0.15) is 0 Å². The molecule has 2 heterocycles. The topological polar surface area (TPSA) is 85.4 Å². The Hall–Kier alpha value is -1.96. The number of carbonyl (C=O) groups is 3. The molecule has 0 atom stereocenters. The Morgan fingerprint density at radius 2 is 1.92 bits per heavy atom. The van der Waals surface area contributed by atoms with Gasteiger partial charge in [-0.3, -0.25) is 14.4 Å². The number of Topliss-reactive ketones (excluding diaryl/α,β-unsaturated/α-hetero) is 1. The molecule has 6 nitrogen and oxygen atoms in total. The van der Waals surface area contributed by atoms with Crippen LogP contribution in [0, 0.1) is 13.8 Å². The van der Waals surface area contributed by atoms with Crippen LogP contribution in [0.15, 0.2) is 18.3 Å². The molecule has 0 aromatic carbocycles. The Bertz CT molecular complexity index is 851. The normalized spacial score (nSPS) is 10.5. The quantitative estimate of drug-likeness (QED) is 0.541. The van der Waals surface area contributed by atoms with Crippen molar-refractivity contribution in [1.29, 1.82) is 0 Å². The van der Waals surface area contributed by atoms with Gasteiger partial charge in [0, 0.05) is 27.9 Å². The maximum atomic E-state index is 12.1. The van der Waals surface area contributed by atoms with E-state index in [1.807, 2.05) is 19.9 Å². The van der Waals surface area contributed by atoms with E-state index in [1.54, 1.807) is 0 Å². The minimum atomic E-state index is -0.631. The van der Waals surface area contributed by atoms with E-state index < -0.39 is 18.5 Å². The van der Waals surface area contributed by atoms with Crippen molar-refractivity contribution in [3.05, 3.63) is 43.7 Å². The summed E-state index contributed by atoms with van der Waals surface area (Å²) in [6.07, 6.45) is 1.26. The van der Waals surface area contributed by atoms with Gasteiger partial charge in [0.2, 0.25) is 0 Å². The van der Waals surface area contributed by atoms with Gasteiger partial charge in [-0.05, 0) is 26.0 Å². The molecule has 1 amide bonds. The summed E-state index contributed by atoms with van der Waals surface area (Å²) in [6.45, 7) is 3.29. The number of nitrogens with one attached hydrogen (secondary N) is 1. The molecule has 1 N–H and O–H groups in total. The summed E-state index contributed by atoms with van der Waals surface area (Å²) in [6, 6.07) is 3.24. The van der Waals surface area contributed by atoms with E-state index in [9.17, 15) is 14.4 Å². The van der Waals surface area contributed by atoms with E-state index in [0.29, 0.717) is 10.6 Å². The first-order chi connectivity index (χ1) is 12.3. The number of pyridine rings is 1. The predicted octanol–water partition coefficient (Wildman–Crippen LogP) is 4.21. The van der Waals surface area contributed by atoms with Gasteiger partial charge in [-0.1, -0.05) is 23.2 Å². The lowest BCUT2D eigenvalue weighted by atomic mass is 10.1. The third-order valence-electron chi connectivity index (χ3n) is 3.33. The molecule has 0 bridgehead atoms. The number of anilines is 1. The third-order valence-corrected chi connectivity index (χ3v) is 4.79. The summed E-state index contributed by atoms with van der Waals surface area (Å²) < 4.78 is 4.86. The van der Waals surface area contributed by atoms with Gasteiger partial charge < -0.3 is 10.1 Å². The minimum Gasteiger partial charge on any atom is -0.456 e. The summed E-state index contributed by atoms with van der Waals surface area (Å²) in [5, 5.41) is 2.91. The van der Waals surface area contributed by atoms with Crippen LogP contribution in [0.1, 0.15) is 33.0 Å². The van der Waals surface area contributed by atoms with Crippen LogP contribution >= 0.6 is 34.5 Å². The Labute approximate surface area is 164 Å². The van der Waals surface area contributed by atoms with Crippen LogP contribution in [0.5, 0.6) is 0 Å². The Morgan fingerprint density at radius 1 is 1.19 bits per heavy atom.